The van der Waals surface area contributed by atoms with E-state index in [1.54, 1.807) is 29.9 Å². The van der Waals surface area contributed by atoms with Gasteiger partial charge < -0.3 is 9.64 Å². The van der Waals surface area contributed by atoms with Crippen molar-refractivity contribution in [3.05, 3.63) is 59.2 Å². The quantitative estimate of drug-likeness (QED) is 0.708. The molecule has 0 atom stereocenters. The second-order valence-electron chi connectivity index (χ2n) is 6.30. The third-order valence-corrected chi connectivity index (χ3v) is 4.51. The van der Waals surface area contributed by atoms with Gasteiger partial charge in [0.05, 0.1) is 30.1 Å². The van der Waals surface area contributed by atoms with Gasteiger partial charge >= 0.3 is 0 Å². The molecule has 1 aliphatic heterocycles. The van der Waals surface area contributed by atoms with Gasteiger partial charge in [0.15, 0.2) is 0 Å². The number of aryl methyl sites for hydroxylation is 1. The van der Waals surface area contributed by atoms with Crippen molar-refractivity contribution in [2.75, 3.05) is 13.7 Å². The second-order valence-corrected chi connectivity index (χ2v) is 6.30. The van der Waals surface area contributed by atoms with Crippen LogP contribution in [0.5, 0.6) is 0 Å². The number of rotatable bonds is 4. The monoisotopic (exact) mass is 352 g/mol. The molecule has 0 bridgehead atoms. The van der Waals surface area contributed by atoms with Gasteiger partial charge in [-0.1, -0.05) is 23.4 Å². The Morgan fingerprint density at radius 1 is 1.27 bits per heavy atom. The first-order valence-corrected chi connectivity index (χ1v) is 8.47. The van der Waals surface area contributed by atoms with Crippen molar-refractivity contribution >= 4 is 5.91 Å². The molecule has 4 rings (SSSR count). The Balaban J connectivity index is 1.58. The Morgan fingerprint density at radius 2 is 2.08 bits per heavy atom. The van der Waals surface area contributed by atoms with E-state index in [2.05, 4.69) is 15.4 Å². The number of hydrogen-bond donors (Lipinski definition) is 0. The average molecular weight is 352 g/mol. The van der Waals surface area contributed by atoms with Gasteiger partial charge in [-0.3, -0.25) is 9.48 Å². The van der Waals surface area contributed by atoms with Crippen molar-refractivity contribution in [2.24, 2.45) is 7.05 Å². The molecule has 8 heteroatoms. The SMILES string of the molecule is COCc1nn(C)cc1C(=O)N1CCc2c(nnn2-c2ccccc2)C1. The zero-order chi connectivity index (χ0) is 18.1. The summed E-state index contributed by atoms with van der Waals surface area (Å²) in [5, 5.41) is 12.9. The molecule has 0 fully saturated rings. The van der Waals surface area contributed by atoms with Crippen LogP contribution in [0.4, 0.5) is 0 Å². The number of benzene rings is 1. The van der Waals surface area contributed by atoms with Crippen LogP contribution in [0.25, 0.3) is 5.69 Å². The second kappa shape index (κ2) is 6.72. The van der Waals surface area contributed by atoms with Crippen LogP contribution in [-0.2, 0) is 31.4 Å². The lowest BCUT2D eigenvalue weighted by molar-refractivity contribution is 0.0726. The van der Waals surface area contributed by atoms with Gasteiger partial charge in [0.1, 0.15) is 11.4 Å². The first-order valence-electron chi connectivity index (χ1n) is 8.47. The highest BCUT2D eigenvalue weighted by atomic mass is 16.5. The summed E-state index contributed by atoms with van der Waals surface area (Å²) in [6.07, 6.45) is 2.45. The first-order chi connectivity index (χ1) is 12.7. The summed E-state index contributed by atoms with van der Waals surface area (Å²) < 4.78 is 8.66. The van der Waals surface area contributed by atoms with Crippen molar-refractivity contribution < 1.29 is 9.53 Å². The molecule has 2 aromatic heterocycles. The van der Waals surface area contributed by atoms with Gasteiger partial charge in [0.2, 0.25) is 0 Å². The highest BCUT2D eigenvalue weighted by Crippen LogP contribution is 2.22. The summed E-state index contributed by atoms with van der Waals surface area (Å²) >= 11 is 0. The standard InChI is InChI=1S/C18H20N6O2/c1-22-10-14(16(20-22)12-26-2)18(25)23-9-8-17-15(11-23)19-21-24(17)13-6-4-3-5-7-13/h3-7,10H,8-9,11-12H2,1-2H3. The number of amides is 1. The predicted octanol–water partition coefficient (Wildman–Crippen LogP) is 1.35. The molecule has 134 valence electrons. The molecule has 3 heterocycles. The van der Waals surface area contributed by atoms with E-state index in [0.717, 1.165) is 17.1 Å². The van der Waals surface area contributed by atoms with E-state index in [9.17, 15) is 4.79 Å². The smallest absolute Gasteiger partial charge is 0.257 e. The normalized spacial score (nSPS) is 13.7. The van der Waals surface area contributed by atoms with Gasteiger partial charge in [-0.2, -0.15) is 5.10 Å². The van der Waals surface area contributed by atoms with Crippen LogP contribution < -0.4 is 0 Å². The molecule has 3 aromatic rings. The maximum absolute atomic E-state index is 13.0. The third kappa shape index (κ3) is 2.88. The molecular formula is C18H20N6O2. The number of ether oxygens (including phenoxy) is 1. The molecular weight excluding hydrogens is 332 g/mol. The number of fused-ring (bicyclic) bond motifs is 1. The number of nitrogens with zero attached hydrogens (tertiary/aromatic N) is 6. The highest BCUT2D eigenvalue weighted by Gasteiger charge is 2.28. The molecule has 1 aliphatic rings. The summed E-state index contributed by atoms with van der Waals surface area (Å²) in [7, 11) is 3.40. The van der Waals surface area contributed by atoms with Gasteiger partial charge in [-0.25, -0.2) is 4.68 Å². The summed E-state index contributed by atoms with van der Waals surface area (Å²) in [5.41, 5.74) is 4.11. The van der Waals surface area contributed by atoms with Crippen LogP contribution in [0.1, 0.15) is 27.4 Å². The number of hydrogen-bond acceptors (Lipinski definition) is 5. The molecule has 8 nitrogen and oxygen atoms in total. The summed E-state index contributed by atoms with van der Waals surface area (Å²) in [6, 6.07) is 9.92. The summed E-state index contributed by atoms with van der Waals surface area (Å²) in [4.78, 5) is 14.8. The lowest BCUT2D eigenvalue weighted by Gasteiger charge is -2.26. The summed E-state index contributed by atoms with van der Waals surface area (Å²) in [5.74, 6) is -0.0509. The van der Waals surface area contributed by atoms with E-state index >= 15 is 0 Å². The molecule has 0 N–H and O–H groups in total. The van der Waals surface area contributed by atoms with Crippen LogP contribution in [-0.4, -0.2) is 49.2 Å². The zero-order valence-corrected chi connectivity index (χ0v) is 14.8. The van der Waals surface area contributed by atoms with Crippen molar-refractivity contribution in [1.82, 2.24) is 29.7 Å². The third-order valence-electron chi connectivity index (χ3n) is 4.51. The molecule has 0 radical (unpaired) electrons. The number of para-hydroxylation sites is 1. The molecule has 1 aromatic carbocycles. The van der Waals surface area contributed by atoms with E-state index in [4.69, 9.17) is 4.74 Å². The fourth-order valence-electron chi connectivity index (χ4n) is 3.28. The number of carbonyl (C=O) groups is 1. The van der Waals surface area contributed by atoms with Gasteiger partial charge in [0.25, 0.3) is 5.91 Å². The molecule has 1 amide bonds. The van der Waals surface area contributed by atoms with Crippen molar-refractivity contribution in [1.29, 1.82) is 0 Å². The largest absolute Gasteiger partial charge is 0.378 e. The Kier molecular flexibility index (Phi) is 4.26. The average Bonchev–Trinajstić information content (AvgIpc) is 3.25. The van der Waals surface area contributed by atoms with Crippen LogP contribution in [0.2, 0.25) is 0 Å². The Bertz CT molecular complexity index is 931. The van der Waals surface area contributed by atoms with Gasteiger partial charge in [0, 0.05) is 33.3 Å². The lowest BCUT2D eigenvalue weighted by Crippen LogP contribution is -2.36. The van der Waals surface area contributed by atoms with Crippen LogP contribution in [0.3, 0.4) is 0 Å². The van der Waals surface area contributed by atoms with Crippen molar-refractivity contribution in [3.8, 4) is 5.69 Å². The molecule has 0 spiro atoms. The van der Waals surface area contributed by atoms with E-state index in [1.807, 2.05) is 35.0 Å². The minimum atomic E-state index is -0.0509. The first kappa shape index (κ1) is 16.5. The zero-order valence-electron chi connectivity index (χ0n) is 14.8. The maximum atomic E-state index is 13.0. The minimum Gasteiger partial charge on any atom is -0.378 e. The molecule has 0 saturated carbocycles. The van der Waals surface area contributed by atoms with Crippen LogP contribution in [0.15, 0.2) is 36.5 Å². The molecule has 0 aliphatic carbocycles. The van der Waals surface area contributed by atoms with Crippen molar-refractivity contribution in [2.45, 2.75) is 19.6 Å². The summed E-state index contributed by atoms with van der Waals surface area (Å²) in [6.45, 7) is 1.38. The van der Waals surface area contributed by atoms with Crippen molar-refractivity contribution in [3.63, 3.8) is 0 Å². The van der Waals surface area contributed by atoms with E-state index in [1.165, 1.54) is 0 Å². The highest BCUT2D eigenvalue weighted by molar-refractivity contribution is 5.95. The number of methoxy groups -OCH3 is 1. The van der Waals surface area contributed by atoms with Crippen LogP contribution >= 0.6 is 0 Å². The van der Waals surface area contributed by atoms with E-state index < -0.39 is 0 Å². The van der Waals surface area contributed by atoms with Gasteiger partial charge in [-0.15, -0.1) is 5.10 Å². The van der Waals surface area contributed by atoms with Crippen LogP contribution in [0, 0.1) is 0 Å². The maximum Gasteiger partial charge on any atom is 0.257 e. The minimum absolute atomic E-state index is 0.0509. The fraction of sp³-hybridized carbons (Fsp3) is 0.333. The number of aromatic nitrogens is 5. The molecule has 26 heavy (non-hydrogen) atoms. The van der Waals surface area contributed by atoms with E-state index in [0.29, 0.717) is 37.4 Å². The van der Waals surface area contributed by atoms with E-state index in [-0.39, 0.29) is 5.91 Å². The molecule has 0 saturated heterocycles. The van der Waals surface area contributed by atoms with Gasteiger partial charge in [-0.05, 0) is 12.1 Å². The number of carbonyl (C=O) groups excluding carboxylic acids is 1. The Morgan fingerprint density at radius 3 is 2.85 bits per heavy atom. The lowest BCUT2D eigenvalue weighted by atomic mass is 10.1. The Labute approximate surface area is 151 Å². The molecule has 0 unspecified atom stereocenters. The predicted molar refractivity (Wildman–Crippen MR) is 93.7 cm³/mol. The fourth-order valence-corrected chi connectivity index (χ4v) is 3.28. The Hall–Kier alpha value is -3.00. The topological polar surface area (TPSA) is 78.1 Å².